The first kappa shape index (κ1) is 15.1. The van der Waals surface area contributed by atoms with Crippen LogP contribution in [-0.2, 0) is 21.1 Å². The number of nitrogen functional groups attached to an aromatic ring is 1. The molecular formula is C15H16N2O3S. The lowest BCUT2D eigenvalue weighted by Crippen LogP contribution is -2.06. The van der Waals surface area contributed by atoms with E-state index in [-0.39, 0.29) is 6.61 Å². The Kier molecular flexibility index (Phi) is 4.59. The van der Waals surface area contributed by atoms with E-state index in [0.29, 0.717) is 10.6 Å². The fraction of sp³-hybridized carbons (Fsp3) is 0.133. The molecule has 0 saturated heterocycles. The molecule has 1 unspecified atom stereocenters. The van der Waals surface area contributed by atoms with E-state index in [1.807, 2.05) is 30.3 Å². The van der Waals surface area contributed by atoms with Crippen LogP contribution in [0.1, 0.15) is 5.56 Å². The van der Waals surface area contributed by atoms with Gasteiger partial charge in [0.05, 0.1) is 9.73 Å². The third kappa shape index (κ3) is 4.32. The van der Waals surface area contributed by atoms with Crippen molar-refractivity contribution in [3.05, 3.63) is 60.2 Å². The van der Waals surface area contributed by atoms with Gasteiger partial charge in [0.25, 0.3) is 0 Å². The van der Waals surface area contributed by atoms with Gasteiger partial charge in [-0.2, -0.15) is 0 Å². The molecule has 0 spiro atoms. The Balaban J connectivity index is 2.11. The number of hydrogen-bond donors (Lipinski definition) is 1. The summed E-state index contributed by atoms with van der Waals surface area (Å²) in [7, 11) is -2.87. The molecule has 0 aliphatic rings. The van der Waals surface area contributed by atoms with Gasteiger partial charge in [-0.1, -0.05) is 36.4 Å². The maximum absolute atomic E-state index is 12.4. The molecule has 2 aromatic rings. The summed E-state index contributed by atoms with van der Waals surface area (Å²) in [6, 6.07) is 15.7. The molecule has 1 amide bonds. The van der Waals surface area contributed by atoms with E-state index in [1.165, 1.54) is 12.3 Å². The molecule has 0 saturated carbocycles. The molecule has 0 radical (unpaired) electrons. The first-order chi connectivity index (χ1) is 9.97. The second-order valence-corrected chi connectivity index (χ2v) is 6.77. The molecule has 0 aliphatic carbocycles. The van der Waals surface area contributed by atoms with Crippen molar-refractivity contribution >= 4 is 21.5 Å². The van der Waals surface area contributed by atoms with E-state index in [2.05, 4.69) is 4.36 Å². The van der Waals surface area contributed by atoms with Gasteiger partial charge in [0.1, 0.15) is 6.61 Å². The highest BCUT2D eigenvalue weighted by Crippen LogP contribution is 2.15. The molecule has 110 valence electrons. The Morgan fingerprint density at radius 1 is 1.19 bits per heavy atom. The lowest BCUT2D eigenvalue weighted by atomic mass is 10.2. The van der Waals surface area contributed by atoms with Gasteiger partial charge in [-0.25, -0.2) is 9.00 Å². The zero-order valence-electron chi connectivity index (χ0n) is 11.6. The first-order valence-electron chi connectivity index (χ1n) is 6.26. The minimum atomic E-state index is -2.87. The van der Waals surface area contributed by atoms with Crippen molar-refractivity contribution in [2.24, 2.45) is 4.36 Å². The maximum Gasteiger partial charge on any atom is 0.442 e. The first-order valence-corrected chi connectivity index (χ1v) is 8.18. The van der Waals surface area contributed by atoms with E-state index >= 15 is 0 Å². The van der Waals surface area contributed by atoms with Crippen LogP contribution in [0.4, 0.5) is 10.5 Å². The van der Waals surface area contributed by atoms with Gasteiger partial charge in [-0.15, -0.1) is 4.36 Å². The number of carbonyl (C=O) groups is 1. The van der Waals surface area contributed by atoms with Crippen molar-refractivity contribution in [1.29, 1.82) is 0 Å². The summed E-state index contributed by atoms with van der Waals surface area (Å²) < 4.78 is 21.1. The maximum atomic E-state index is 12.4. The molecule has 2 N–H and O–H groups in total. The van der Waals surface area contributed by atoms with Crippen molar-refractivity contribution in [2.45, 2.75) is 11.5 Å². The summed E-state index contributed by atoms with van der Waals surface area (Å²) in [6.45, 7) is 0.0929. The lowest BCUT2D eigenvalue weighted by molar-refractivity contribution is 0.151. The molecule has 1 atom stereocenters. The lowest BCUT2D eigenvalue weighted by Gasteiger charge is -2.06. The van der Waals surface area contributed by atoms with E-state index in [1.54, 1.807) is 18.2 Å². The number of nitrogens with two attached hydrogens (primary N) is 1. The van der Waals surface area contributed by atoms with Gasteiger partial charge >= 0.3 is 6.09 Å². The molecule has 2 rings (SSSR count). The van der Waals surface area contributed by atoms with E-state index < -0.39 is 15.8 Å². The topological polar surface area (TPSA) is 81.8 Å². The van der Waals surface area contributed by atoms with Crippen LogP contribution >= 0.6 is 0 Å². The van der Waals surface area contributed by atoms with Gasteiger partial charge in [0, 0.05) is 16.8 Å². The van der Waals surface area contributed by atoms with E-state index in [9.17, 15) is 9.00 Å². The molecule has 0 fully saturated rings. The summed E-state index contributed by atoms with van der Waals surface area (Å²) in [5.41, 5.74) is 6.95. The normalized spacial score (nSPS) is 13.2. The highest BCUT2D eigenvalue weighted by atomic mass is 32.2. The number of nitrogens with zero attached hydrogens (tertiary/aromatic N) is 1. The molecule has 0 aromatic heterocycles. The van der Waals surface area contributed by atoms with Crippen LogP contribution in [0.5, 0.6) is 0 Å². The third-order valence-corrected chi connectivity index (χ3v) is 4.38. The van der Waals surface area contributed by atoms with Crippen molar-refractivity contribution in [3.8, 4) is 0 Å². The monoisotopic (exact) mass is 304 g/mol. The summed E-state index contributed by atoms with van der Waals surface area (Å²) >= 11 is 0. The predicted octanol–water partition coefficient (Wildman–Crippen LogP) is 3.06. The highest BCUT2D eigenvalue weighted by Gasteiger charge is 2.10. The second-order valence-electron chi connectivity index (χ2n) is 4.51. The van der Waals surface area contributed by atoms with Gasteiger partial charge in [0.2, 0.25) is 0 Å². The van der Waals surface area contributed by atoms with Crippen LogP contribution in [-0.4, -0.2) is 16.6 Å². The zero-order chi connectivity index (χ0) is 15.3. The van der Waals surface area contributed by atoms with Gasteiger partial charge in [-0.05, 0) is 23.8 Å². The molecule has 0 bridgehead atoms. The Morgan fingerprint density at radius 3 is 2.57 bits per heavy atom. The fourth-order valence-corrected chi connectivity index (χ4v) is 2.82. The quantitative estimate of drug-likeness (QED) is 0.883. The number of carbonyl (C=O) groups excluding carboxylic acids is 1. The Hall–Kier alpha value is -2.34. The van der Waals surface area contributed by atoms with Crippen molar-refractivity contribution in [1.82, 2.24) is 0 Å². The van der Waals surface area contributed by atoms with Crippen LogP contribution in [0.25, 0.3) is 0 Å². The van der Waals surface area contributed by atoms with Gasteiger partial charge < -0.3 is 10.5 Å². The molecule has 6 heteroatoms. The Bertz CT molecular complexity index is 751. The van der Waals surface area contributed by atoms with Crippen LogP contribution in [0, 0.1) is 0 Å². The Morgan fingerprint density at radius 2 is 1.90 bits per heavy atom. The minimum Gasteiger partial charge on any atom is -0.443 e. The molecule has 0 heterocycles. The molecule has 5 nitrogen and oxygen atoms in total. The SMILES string of the molecule is CS(=O)(=NC(=O)OCc1ccccc1)c1cccc(N)c1. The standard InChI is InChI=1S/C15H16N2O3S/c1-21(19,14-9-5-8-13(16)10-14)17-15(18)20-11-12-6-3-2-4-7-12/h2-10H,11,16H2,1H3. The molecule has 2 aromatic carbocycles. The third-order valence-electron chi connectivity index (χ3n) is 2.75. The number of anilines is 1. The second kappa shape index (κ2) is 6.41. The number of benzene rings is 2. The van der Waals surface area contributed by atoms with Crippen LogP contribution in [0.15, 0.2) is 63.9 Å². The van der Waals surface area contributed by atoms with Crippen LogP contribution in [0.2, 0.25) is 0 Å². The van der Waals surface area contributed by atoms with Gasteiger partial charge in [-0.3, -0.25) is 0 Å². The summed E-state index contributed by atoms with van der Waals surface area (Å²) in [6.07, 6.45) is 0.528. The van der Waals surface area contributed by atoms with Crippen LogP contribution < -0.4 is 5.73 Å². The number of hydrogen-bond acceptors (Lipinski definition) is 4. The van der Waals surface area contributed by atoms with Crippen LogP contribution in [0.3, 0.4) is 0 Å². The van der Waals surface area contributed by atoms with Gasteiger partial charge in [0.15, 0.2) is 0 Å². The smallest absolute Gasteiger partial charge is 0.442 e. The fourth-order valence-electron chi connectivity index (χ4n) is 1.69. The highest BCUT2D eigenvalue weighted by molar-refractivity contribution is 7.93. The summed E-state index contributed by atoms with van der Waals surface area (Å²) in [5, 5.41) is 0. The average Bonchev–Trinajstić information content (AvgIpc) is 2.46. The van der Waals surface area contributed by atoms with Crippen molar-refractivity contribution in [3.63, 3.8) is 0 Å². The number of amides is 1. The average molecular weight is 304 g/mol. The summed E-state index contributed by atoms with van der Waals surface area (Å²) in [4.78, 5) is 12.1. The van der Waals surface area contributed by atoms with E-state index in [0.717, 1.165) is 5.56 Å². The molecule has 21 heavy (non-hydrogen) atoms. The largest absolute Gasteiger partial charge is 0.443 e. The molecular weight excluding hydrogens is 288 g/mol. The Labute approximate surface area is 123 Å². The van der Waals surface area contributed by atoms with E-state index in [4.69, 9.17) is 10.5 Å². The molecule has 0 aliphatic heterocycles. The number of ether oxygens (including phenoxy) is 1. The number of rotatable bonds is 3. The summed E-state index contributed by atoms with van der Waals surface area (Å²) in [5.74, 6) is 0. The minimum absolute atomic E-state index is 0.0929. The predicted molar refractivity (Wildman–Crippen MR) is 82.2 cm³/mol. The zero-order valence-corrected chi connectivity index (χ0v) is 12.4. The van der Waals surface area contributed by atoms with Crippen molar-refractivity contribution in [2.75, 3.05) is 12.0 Å². The van der Waals surface area contributed by atoms with Crippen molar-refractivity contribution < 1.29 is 13.7 Å².